The van der Waals surface area contributed by atoms with E-state index >= 15 is 0 Å². The SMILES string of the molecule is C=C(C)C(=O)OCCCCCCC[N+](C)(C)CCCS(=O)(=O)O.C[N+](C)(C)CC(=O)O. The number of carbonyl (C=O) groups excluding carboxylic acids is 1. The Morgan fingerprint density at radius 3 is 1.81 bits per heavy atom. The predicted molar refractivity (Wildman–Crippen MR) is 122 cm³/mol. The average molecular weight is 469 g/mol. The topological polar surface area (TPSA) is 118 Å². The molecule has 0 radical (unpaired) electrons. The van der Waals surface area contributed by atoms with Gasteiger partial charge >= 0.3 is 11.9 Å². The Labute approximate surface area is 188 Å². The number of carbonyl (C=O) groups is 2. The molecule has 0 spiro atoms. The lowest BCUT2D eigenvalue weighted by Crippen LogP contribution is -2.41. The minimum absolute atomic E-state index is 0.169. The van der Waals surface area contributed by atoms with Crippen molar-refractivity contribution in [2.24, 2.45) is 0 Å². The number of carboxylic acid groups (broad SMARTS) is 1. The summed E-state index contributed by atoms with van der Waals surface area (Å²) in [4.78, 5) is 21.2. The van der Waals surface area contributed by atoms with Crippen LogP contribution in [0.5, 0.6) is 0 Å². The van der Waals surface area contributed by atoms with E-state index in [1.165, 1.54) is 0 Å². The first kappa shape index (κ1) is 31.7. The van der Waals surface area contributed by atoms with Gasteiger partial charge in [-0.1, -0.05) is 19.4 Å². The van der Waals surface area contributed by atoms with Gasteiger partial charge in [-0.3, -0.25) is 4.55 Å². The molecule has 0 amide bonds. The van der Waals surface area contributed by atoms with Crippen LogP contribution in [0.25, 0.3) is 0 Å². The molecule has 0 aliphatic carbocycles. The smallest absolute Gasteiger partial charge is 0.359 e. The molecule has 0 unspecified atom stereocenters. The molecule has 0 aromatic carbocycles. The molecule has 0 rings (SSSR count). The lowest BCUT2D eigenvalue weighted by atomic mass is 10.1. The van der Waals surface area contributed by atoms with E-state index in [2.05, 4.69) is 20.7 Å². The van der Waals surface area contributed by atoms with Crippen molar-refractivity contribution in [2.45, 2.75) is 45.4 Å². The van der Waals surface area contributed by atoms with Gasteiger partial charge in [0.05, 0.1) is 60.7 Å². The molecule has 0 saturated carbocycles. The number of rotatable bonds is 15. The third-order valence-corrected chi connectivity index (χ3v) is 5.07. The number of aliphatic carboxylic acids is 1. The Balaban J connectivity index is 0. The van der Waals surface area contributed by atoms with Crippen LogP contribution in [0.15, 0.2) is 12.2 Å². The fourth-order valence-corrected chi connectivity index (χ4v) is 3.15. The second kappa shape index (κ2) is 15.3. The van der Waals surface area contributed by atoms with Crippen molar-refractivity contribution < 1.29 is 41.4 Å². The van der Waals surface area contributed by atoms with E-state index in [0.717, 1.165) is 49.7 Å². The van der Waals surface area contributed by atoms with Gasteiger partial charge in [-0.15, -0.1) is 0 Å². The highest BCUT2D eigenvalue weighted by atomic mass is 32.2. The summed E-state index contributed by atoms with van der Waals surface area (Å²) in [6.45, 7) is 7.51. The largest absolute Gasteiger partial charge is 0.477 e. The molecule has 0 aliphatic rings. The van der Waals surface area contributed by atoms with Crippen LogP contribution in [0.1, 0.15) is 45.4 Å². The monoisotopic (exact) mass is 468 g/mol. The molecule has 0 aromatic heterocycles. The van der Waals surface area contributed by atoms with E-state index < -0.39 is 16.1 Å². The minimum atomic E-state index is -3.85. The highest BCUT2D eigenvalue weighted by Crippen LogP contribution is 2.09. The Morgan fingerprint density at radius 2 is 1.39 bits per heavy atom. The maximum Gasteiger partial charge on any atom is 0.359 e. The lowest BCUT2D eigenvalue weighted by molar-refractivity contribution is -0.890. The van der Waals surface area contributed by atoms with Crippen LogP contribution in [0.2, 0.25) is 0 Å². The summed E-state index contributed by atoms with van der Waals surface area (Å²) in [6.07, 6.45) is 5.64. The number of unbranched alkanes of at least 4 members (excludes halogenated alkanes) is 4. The van der Waals surface area contributed by atoms with Crippen molar-refractivity contribution in [3.63, 3.8) is 0 Å². The Morgan fingerprint density at radius 1 is 0.903 bits per heavy atom. The van der Waals surface area contributed by atoms with Crippen LogP contribution in [0.4, 0.5) is 0 Å². The predicted octanol–water partition coefficient (Wildman–Crippen LogP) is 2.19. The Hall–Kier alpha value is -1.49. The lowest BCUT2D eigenvalue weighted by Gasteiger charge is -2.29. The molecule has 0 bridgehead atoms. The summed E-state index contributed by atoms with van der Waals surface area (Å²) in [7, 11) is 5.82. The number of quaternary nitrogens is 2. The standard InChI is InChI=1S/C16H31NO5S.C5H11NO2/c1-15(2)16(18)22-13-9-7-5-6-8-11-17(3,4)12-10-14-23(19,20)21;1-6(2,3)4-5(7)8/h1,5-14H2,2-4H3;4H2,1-3H3/p+2. The quantitative estimate of drug-likeness (QED) is 0.124. The molecule has 0 aliphatic heterocycles. The average Bonchev–Trinajstić information content (AvgIpc) is 2.53. The zero-order chi connectivity index (χ0) is 24.7. The van der Waals surface area contributed by atoms with Gasteiger partial charge in [-0.25, -0.2) is 9.59 Å². The first-order valence-electron chi connectivity index (χ1n) is 10.6. The van der Waals surface area contributed by atoms with Gasteiger partial charge in [0.1, 0.15) is 0 Å². The number of nitrogens with zero attached hydrogens (tertiary/aromatic N) is 2. The van der Waals surface area contributed by atoms with Crippen LogP contribution in [0, 0.1) is 0 Å². The van der Waals surface area contributed by atoms with Crippen molar-refractivity contribution in [1.82, 2.24) is 0 Å². The summed E-state index contributed by atoms with van der Waals surface area (Å²) in [6, 6.07) is 0. The fraction of sp³-hybridized carbons (Fsp3) is 0.810. The van der Waals surface area contributed by atoms with Crippen LogP contribution >= 0.6 is 0 Å². The van der Waals surface area contributed by atoms with Crippen LogP contribution in [-0.2, 0) is 24.4 Å². The van der Waals surface area contributed by atoms with E-state index in [1.54, 1.807) is 6.92 Å². The zero-order valence-corrected chi connectivity index (χ0v) is 21.0. The molecule has 10 heteroatoms. The number of ether oxygens (including phenoxy) is 1. The molecule has 0 saturated heterocycles. The van der Waals surface area contributed by atoms with Crippen molar-refractivity contribution in [3.05, 3.63) is 12.2 Å². The minimum Gasteiger partial charge on any atom is -0.477 e. The van der Waals surface area contributed by atoms with E-state index in [0.29, 0.717) is 23.1 Å². The molecule has 184 valence electrons. The van der Waals surface area contributed by atoms with Gasteiger partial charge in [-0.2, -0.15) is 8.42 Å². The summed E-state index contributed by atoms with van der Waals surface area (Å²) >= 11 is 0. The van der Waals surface area contributed by atoms with E-state index in [-0.39, 0.29) is 18.3 Å². The van der Waals surface area contributed by atoms with Gasteiger partial charge in [0, 0.05) is 12.0 Å². The molecule has 0 heterocycles. The normalized spacial score (nSPS) is 12.0. The second-order valence-electron chi connectivity index (χ2n) is 9.55. The molecular formula is C21H44N2O7S+2. The molecular weight excluding hydrogens is 424 g/mol. The van der Waals surface area contributed by atoms with Crippen molar-refractivity contribution in [1.29, 1.82) is 0 Å². The van der Waals surface area contributed by atoms with Gasteiger partial charge < -0.3 is 18.8 Å². The first-order valence-corrected chi connectivity index (χ1v) is 12.2. The molecule has 0 aromatic rings. The van der Waals surface area contributed by atoms with E-state index in [1.807, 2.05) is 21.1 Å². The highest BCUT2D eigenvalue weighted by Gasteiger charge is 2.16. The Bertz CT molecular complexity index is 653. The molecule has 2 N–H and O–H groups in total. The van der Waals surface area contributed by atoms with Crippen molar-refractivity contribution in [2.75, 3.05) is 67.2 Å². The number of carboxylic acids is 1. The van der Waals surface area contributed by atoms with E-state index in [9.17, 15) is 18.0 Å². The van der Waals surface area contributed by atoms with E-state index in [4.69, 9.17) is 14.4 Å². The van der Waals surface area contributed by atoms with Crippen molar-refractivity contribution in [3.8, 4) is 0 Å². The maximum absolute atomic E-state index is 11.2. The van der Waals surface area contributed by atoms with Gasteiger partial charge in [0.2, 0.25) is 0 Å². The number of likely N-dealkylation sites (N-methyl/N-ethyl adjacent to an activating group) is 1. The number of esters is 1. The van der Waals surface area contributed by atoms with Gasteiger partial charge in [-0.05, 0) is 26.2 Å². The third kappa shape index (κ3) is 26.5. The van der Waals surface area contributed by atoms with Crippen LogP contribution in [0.3, 0.4) is 0 Å². The highest BCUT2D eigenvalue weighted by molar-refractivity contribution is 7.85. The number of hydrogen-bond donors (Lipinski definition) is 2. The Kier molecular flexibility index (Phi) is 15.7. The maximum atomic E-state index is 11.2. The summed E-state index contributed by atoms with van der Waals surface area (Å²) in [5.41, 5.74) is 0.430. The van der Waals surface area contributed by atoms with Crippen molar-refractivity contribution >= 4 is 22.1 Å². The van der Waals surface area contributed by atoms with Gasteiger partial charge in [0.15, 0.2) is 6.54 Å². The third-order valence-electron chi connectivity index (χ3n) is 4.26. The molecule has 31 heavy (non-hydrogen) atoms. The first-order chi connectivity index (χ1) is 14.0. The zero-order valence-electron chi connectivity index (χ0n) is 20.2. The summed E-state index contributed by atoms with van der Waals surface area (Å²) in [5, 5.41) is 8.23. The van der Waals surface area contributed by atoms with Gasteiger partial charge in [0.25, 0.3) is 10.1 Å². The summed E-state index contributed by atoms with van der Waals surface area (Å²) < 4.78 is 36.4. The van der Waals surface area contributed by atoms with Crippen LogP contribution in [-0.4, -0.2) is 106 Å². The molecule has 9 nitrogen and oxygen atoms in total. The molecule has 0 fully saturated rings. The molecule has 0 atom stereocenters. The number of hydrogen-bond acceptors (Lipinski definition) is 5. The summed E-state index contributed by atoms with van der Waals surface area (Å²) in [5.74, 6) is -1.25. The fourth-order valence-electron chi connectivity index (χ4n) is 2.65. The second-order valence-corrected chi connectivity index (χ2v) is 11.1. The van der Waals surface area contributed by atoms with Crippen LogP contribution < -0.4 is 0 Å².